The van der Waals surface area contributed by atoms with Crippen molar-refractivity contribution in [2.45, 2.75) is 19.4 Å². The number of hydrogen-bond donors (Lipinski definition) is 2. The van der Waals surface area contributed by atoms with Crippen molar-refractivity contribution in [3.8, 4) is 5.88 Å². The van der Waals surface area contributed by atoms with Gasteiger partial charge < -0.3 is 24.8 Å². The average molecular weight is 434 g/mol. The van der Waals surface area contributed by atoms with Crippen molar-refractivity contribution < 1.29 is 9.90 Å². The number of benzene rings is 1. The van der Waals surface area contributed by atoms with Crippen LogP contribution in [0.1, 0.15) is 24.0 Å². The molecule has 3 aromatic rings. The SMILES string of the molecule is CN1CCCC(=O)N2CCN(CC2)c2ncnc3[nH]c(O)c(c23)C=Nc2cccc(c2)C1. The lowest BCUT2D eigenvalue weighted by molar-refractivity contribution is -0.131. The zero-order chi connectivity index (χ0) is 22.1. The summed E-state index contributed by atoms with van der Waals surface area (Å²) in [5.41, 5.74) is 3.10. The van der Waals surface area contributed by atoms with E-state index in [9.17, 15) is 9.90 Å². The molecule has 0 radical (unpaired) electrons. The Kier molecular flexibility index (Phi) is 5.48. The van der Waals surface area contributed by atoms with Crippen LogP contribution in [-0.4, -0.2) is 81.8 Å². The Morgan fingerprint density at radius 2 is 1.88 bits per heavy atom. The van der Waals surface area contributed by atoms with Gasteiger partial charge in [-0.3, -0.25) is 9.79 Å². The van der Waals surface area contributed by atoms with Crippen LogP contribution >= 0.6 is 0 Å². The molecule has 32 heavy (non-hydrogen) atoms. The Labute approximate surface area is 186 Å². The number of carbonyl (C=O) groups is 1. The van der Waals surface area contributed by atoms with Gasteiger partial charge in [-0.15, -0.1) is 0 Å². The number of hydrogen-bond acceptors (Lipinski definition) is 7. The van der Waals surface area contributed by atoms with Crippen LogP contribution in [0.3, 0.4) is 0 Å². The number of aliphatic imine (C=N–C) groups is 1. The second kappa shape index (κ2) is 8.58. The molecule has 4 bridgehead atoms. The summed E-state index contributed by atoms with van der Waals surface area (Å²) in [6, 6.07) is 8.05. The molecule has 2 N–H and O–H groups in total. The first kappa shape index (κ1) is 20.4. The second-order valence-electron chi connectivity index (χ2n) is 8.45. The number of rotatable bonds is 0. The summed E-state index contributed by atoms with van der Waals surface area (Å²) < 4.78 is 0. The Hall–Kier alpha value is -3.46. The lowest BCUT2D eigenvalue weighted by Gasteiger charge is -2.35. The van der Waals surface area contributed by atoms with Crippen LogP contribution in [0.2, 0.25) is 0 Å². The first-order valence-electron chi connectivity index (χ1n) is 11.0. The minimum Gasteiger partial charge on any atom is -0.494 e. The highest BCUT2D eigenvalue weighted by Crippen LogP contribution is 2.32. The van der Waals surface area contributed by atoms with E-state index in [0.717, 1.165) is 42.0 Å². The summed E-state index contributed by atoms with van der Waals surface area (Å²) in [6.45, 7) is 4.32. The molecule has 0 unspecified atom stereocenters. The Balaban J connectivity index is 1.57. The van der Waals surface area contributed by atoms with Gasteiger partial charge >= 0.3 is 0 Å². The molecule has 3 aliphatic rings. The number of amides is 1. The minimum absolute atomic E-state index is 0.0182. The van der Waals surface area contributed by atoms with Crippen molar-refractivity contribution in [1.29, 1.82) is 0 Å². The number of carbonyl (C=O) groups excluding carboxylic acids is 1. The fourth-order valence-corrected chi connectivity index (χ4v) is 4.47. The van der Waals surface area contributed by atoms with Gasteiger partial charge in [-0.1, -0.05) is 12.1 Å². The summed E-state index contributed by atoms with van der Waals surface area (Å²) in [6.07, 6.45) is 4.57. The Morgan fingerprint density at radius 3 is 2.72 bits per heavy atom. The van der Waals surface area contributed by atoms with Crippen molar-refractivity contribution in [3.63, 3.8) is 0 Å². The normalized spacial score (nSPS) is 18.2. The van der Waals surface area contributed by atoms with Gasteiger partial charge in [0.2, 0.25) is 5.91 Å². The summed E-state index contributed by atoms with van der Waals surface area (Å²) in [4.78, 5) is 35.4. The molecule has 9 heteroatoms. The van der Waals surface area contributed by atoms with Gasteiger partial charge in [-0.25, -0.2) is 9.97 Å². The molecule has 9 nitrogen and oxygen atoms in total. The third-order valence-corrected chi connectivity index (χ3v) is 6.16. The molecule has 1 amide bonds. The number of H-pyrrole nitrogens is 1. The summed E-state index contributed by atoms with van der Waals surface area (Å²) in [7, 11) is 2.07. The standard InChI is InChI=1S/C23H27N7O2/c1-28-7-3-6-19(31)29-8-10-30(11-9-29)22-20-18(23(32)27-21(20)25-15-26-22)13-24-17-5-2-4-16(12-17)14-28/h2,4-5,12-13,15,32H,3,6-11,14H2,1H3,(H,25,26,27). The molecular weight excluding hydrogens is 406 g/mol. The number of nitrogens with one attached hydrogen (secondary N) is 1. The predicted octanol–water partition coefficient (Wildman–Crippen LogP) is 2.29. The monoisotopic (exact) mass is 433 g/mol. The van der Waals surface area contributed by atoms with E-state index in [1.54, 1.807) is 6.21 Å². The van der Waals surface area contributed by atoms with Gasteiger partial charge in [0.25, 0.3) is 0 Å². The van der Waals surface area contributed by atoms with Crippen LogP contribution < -0.4 is 4.90 Å². The molecule has 6 rings (SSSR count). The van der Waals surface area contributed by atoms with Crippen LogP contribution in [0.5, 0.6) is 5.88 Å². The molecule has 3 aliphatic heterocycles. The number of piperazine rings is 1. The van der Waals surface area contributed by atoms with Crippen molar-refractivity contribution in [3.05, 3.63) is 41.7 Å². The fourth-order valence-electron chi connectivity index (χ4n) is 4.47. The van der Waals surface area contributed by atoms with Gasteiger partial charge in [-0.05, 0) is 37.7 Å². The Morgan fingerprint density at radius 1 is 1.06 bits per heavy atom. The Bertz CT molecular complexity index is 1160. The zero-order valence-electron chi connectivity index (χ0n) is 18.2. The zero-order valence-corrected chi connectivity index (χ0v) is 18.2. The molecule has 1 saturated heterocycles. The van der Waals surface area contributed by atoms with E-state index in [1.807, 2.05) is 23.1 Å². The lowest BCUT2D eigenvalue weighted by Crippen LogP contribution is -2.49. The highest BCUT2D eigenvalue weighted by atomic mass is 16.3. The number of fused-ring (bicyclic) bond motifs is 7. The molecule has 0 saturated carbocycles. The van der Waals surface area contributed by atoms with E-state index < -0.39 is 0 Å². The van der Waals surface area contributed by atoms with Gasteiger partial charge in [0, 0.05) is 45.4 Å². The first-order chi connectivity index (χ1) is 15.6. The highest BCUT2D eigenvalue weighted by molar-refractivity contribution is 6.06. The molecule has 2 aromatic heterocycles. The molecule has 0 spiro atoms. The maximum atomic E-state index is 12.7. The summed E-state index contributed by atoms with van der Waals surface area (Å²) >= 11 is 0. The molecule has 1 fully saturated rings. The topological polar surface area (TPSA) is 101 Å². The first-order valence-corrected chi connectivity index (χ1v) is 11.0. The quantitative estimate of drug-likeness (QED) is 0.564. The van der Waals surface area contributed by atoms with Gasteiger partial charge in [0.15, 0.2) is 5.88 Å². The number of nitrogens with zero attached hydrogens (tertiary/aromatic N) is 6. The fraction of sp³-hybridized carbons (Fsp3) is 0.391. The van der Waals surface area contributed by atoms with Crippen LogP contribution in [0.15, 0.2) is 35.6 Å². The van der Waals surface area contributed by atoms with Crippen molar-refractivity contribution in [1.82, 2.24) is 24.8 Å². The van der Waals surface area contributed by atoms with E-state index in [4.69, 9.17) is 0 Å². The number of anilines is 1. The largest absolute Gasteiger partial charge is 0.494 e. The second-order valence-corrected chi connectivity index (χ2v) is 8.45. The third kappa shape index (κ3) is 4.03. The third-order valence-electron chi connectivity index (χ3n) is 6.16. The van der Waals surface area contributed by atoms with E-state index in [2.05, 4.69) is 42.9 Å². The van der Waals surface area contributed by atoms with Gasteiger partial charge in [0.05, 0.1) is 16.6 Å². The van der Waals surface area contributed by atoms with Crippen molar-refractivity contribution in [2.24, 2.45) is 4.99 Å². The molecule has 5 heterocycles. The molecular formula is C23H27N7O2. The smallest absolute Gasteiger partial charge is 0.222 e. The van der Waals surface area contributed by atoms with Crippen LogP contribution in [0, 0.1) is 0 Å². The van der Waals surface area contributed by atoms with E-state index in [0.29, 0.717) is 43.8 Å². The number of aromatic amines is 1. The molecule has 1 aromatic carbocycles. The van der Waals surface area contributed by atoms with Gasteiger partial charge in [0.1, 0.15) is 17.8 Å². The molecule has 0 aliphatic carbocycles. The average Bonchev–Trinajstić information content (AvgIpc) is 3.12. The number of aromatic hydroxyl groups is 1. The van der Waals surface area contributed by atoms with Gasteiger partial charge in [-0.2, -0.15) is 0 Å². The number of aromatic nitrogens is 3. The van der Waals surface area contributed by atoms with E-state index in [1.165, 1.54) is 6.33 Å². The van der Waals surface area contributed by atoms with Crippen LogP contribution in [-0.2, 0) is 11.3 Å². The van der Waals surface area contributed by atoms with Crippen molar-refractivity contribution >= 4 is 34.7 Å². The highest BCUT2D eigenvalue weighted by Gasteiger charge is 2.25. The maximum absolute atomic E-state index is 12.7. The maximum Gasteiger partial charge on any atom is 0.222 e. The van der Waals surface area contributed by atoms with E-state index in [-0.39, 0.29) is 11.8 Å². The summed E-state index contributed by atoms with van der Waals surface area (Å²) in [5, 5.41) is 11.3. The summed E-state index contributed by atoms with van der Waals surface area (Å²) in [5.74, 6) is 0.974. The molecule has 0 atom stereocenters. The van der Waals surface area contributed by atoms with Crippen LogP contribution in [0.25, 0.3) is 11.0 Å². The van der Waals surface area contributed by atoms with E-state index >= 15 is 0 Å². The van der Waals surface area contributed by atoms with Crippen LogP contribution in [0.4, 0.5) is 11.5 Å². The molecule has 166 valence electrons. The van der Waals surface area contributed by atoms with Crippen molar-refractivity contribution in [2.75, 3.05) is 44.7 Å². The minimum atomic E-state index is 0.0182. The lowest BCUT2D eigenvalue weighted by atomic mass is 10.1. The predicted molar refractivity (Wildman–Crippen MR) is 124 cm³/mol.